The minimum absolute atomic E-state index is 0.0444. The molecule has 4 heteroatoms. The number of anilines is 1. The van der Waals surface area contributed by atoms with Crippen molar-refractivity contribution in [2.45, 2.75) is 25.4 Å². The summed E-state index contributed by atoms with van der Waals surface area (Å²) in [4.78, 5) is 14.0. The fourth-order valence-corrected chi connectivity index (χ4v) is 2.87. The molecule has 22 heavy (non-hydrogen) atoms. The van der Waals surface area contributed by atoms with Crippen molar-refractivity contribution in [3.8, 4) is 5.75 Å². The zero-order valence-electron chi connectivity index (χ0n) is 12.8. The molecule has 2 aromatic rings. The minimum atomic E-state index is -0.502. The quantitative estimate of drug-likeness (QED) is 0.883. The average Bonchev–Trinajstić information content (AvgIpc) is 2.58. The molecule has 4 nitrogen and oxygen atoms in total. The van der Waals surface area contributed by atoms with Gasteiger partial charge in [-0.15, -0.1) is 0 Å². The van der Waals surface area contributed by atoms with Crippen molar-refractivity contribution in [2.24, 2.45) is 5.73 Å². The third kappa shape index (κ3) is 2.35. The second-order valence-corrected chi connectivity index (χ2v) is 5.48. The summed E-state index contributed by atoms with van der Waals surface area (Å²) in [5.74, 6) is 0.724. The molecule has 1 aliphatic heterocycles. The van der Waals surface area contributed by atoms with Crippen molar-refractivity contribution in [3.05, 3.63) is 59.7 Å². The van der Waals surface area contributed by atoms with Crippen LogP contribution in [-0.4, -0.2) is 19.1 Å². The molecule has 1 saturated heterocycles. The predicted molar refractivity (Wildman–Crippen MR) is 87.0 cm³/mol. The molecule has 114 valence electrons. The first-order valence-corrected chi connectivity index (χ1v) is 7.47. The standard InChI is InChI=1S/C18H20N2O2/c1-3-12-7-9-14(10-8-12)20-17(16(19)18(20)21)13-5-4-6-15(11-13)22-2/h4-11,16-17H,3,19H2,1-2H3. The van der Waals surface area contributed by atoms with E-state index in [1.54, 1.807) is 12.0 Å². The molecule has 0 aliphatic carbocycles. The number of hydrogen-bond acceptors (Lipinski definition) is 3. The van der Waals surface area contributed by atoms with E-state index < -0.39 is 6.04 Å². The van der Waals surface area contributed by atoms with Gasteiger partial charge in [0.15, 0.2) is 0 Å². The maximum atomic E-state index is 12.2. The van der Waals surface area contributed by atoms with Gasteiger partial charge in [-0.2, -0.15) is 0 Å². The van der Waals surface area contributed by atoms with Crippen molar-refractivity contribution >= 4 is 11.6 Å². The Balaban J connectivity index is 1.93. The third-order valence-corrected chi connectivity index (χ3v) is 4.20. The van der Waals surface area contributed by atoms with Crippen molar-refractivity contribution in [1.29, 1.82) is 0 Å². The number of carbonyl (C=O) groups is 1. The van der Waals surface area contributed by atoms with Gasteiger partial charge in [0.1, 0.15) is 11.8 Å². The fourth-order valence-electron chi connectivity index (χ4n) is 2.87. The average molecular weight is 296 g/mol. The summed E-state index contributed by atoms with van der Waals surface area (Å²) in [5.41, 5.74) is 9.17. The van der Waals surface area contributed by atoms with Crippen LogP contribution in [0, 0.1) is 0 Å². The highest BCUT2D eigenvalue weighted by molar-refractivity contribution is 6.05. The Kier molecular flexibility index (Phi) is 3.86. The summed E-state index contributed by atoms with van der Waals surface area (Å²) in [7, 11) is 1.63. The number of rotatable bonds is 4. The van der Waals surface area contributed by atoms with Gasteiger partial charge in [-0.3, -0.25) is 4.79 Å². The minimum Gasteiger partial charge on any atom is -0.497 e. The van der Waals surface area contributed by atoms with E-state index in [-0.39, 0.29) is 11.9 Å². The molecule has 0 spiro atoms. The van der Waals surface area contributed by atoms with E-state index in [9.17, 15) is 4.79 Å². The van der Waals surface area contributed by atoms with Gasteiger partial charge >= 0.3 is 0 Å². The summed E-state index contributed by atoms with van der Waals surface area (Å²) in [6.07, 6.45) is 0.979. The lowest BCUT2D eigenvalue weighted by molar-refractivity contribution is -0.126. The first-order valence-electron chi connectivity index (χ1n) is 7.47. The SMILES string of the molecule is CCc1ccc(N2C(=O)C(N)C2c2cccc(OC)c2)cc1. The van der Waals surface area contributed by atoms with Gasteiger partial charge in [-0.1, -0.05) is 31.2 Å². The zero-order valence-corrected chi connectivity index (χ0v) is 12.8. The Hall–Kier alpha value is -2.33. The number of ether oxygens (including phenoxy) is 1. The number of methoxy groups -OCH3 is 1. The highest BCUT2D eigenvalue weighted by Gasteiger charge is 2.46. The summed E-state index contributed by atoms with van der Waals surface area (Å²) in [6.45, 7) is 2.11. The van der Waals surface area contributed by atoms with Gasteiger partial charge in [-0.25, -0.2) is 0 Å². The van der Waals surface area contributed by atoms with E-state index in [1.165, 1.54) is 5.56 Å². The second kappa shape index (κ2) is 5.81. The zero-order chi connectivity index (χ0) is 15.7. The Morgan fingerprint density at radius 1 is 1.18 bits per heavy atom. The van der Waals surface area contributed by atoms with Gasteiger partial charge in [0.25, 0.3) is 0 Å². The van der Waals surface area contributed by atoms with Gasteiger partial charge in [-0.05, 0) is 41.8 Å². The van der Waals surface area contributed by atoms with Gasteiger partial charge in [0.05, 0.1) is 13.2 Å². The molecule has 2 N–H and O–H groups in total. The highest BCUT2D eigenvalue weighted by Crippen LogP contribution is 2.39. The lowest BCUT2D eigenvalue weighted by Crippen LogP contribution is -2.63. The van der Waals surface area contributed by atoms with E-state index >= 15 is 0 Å². The van der Waals surface area contributed by atoms with Crippen LogP contribution in [0.3, 0.4) is 0 Å². The van der Waals surface area contributed by atoms with Crippen LogP contribution in [0.1, 0.15) is 24.1 Å². The summed E-state index contributed by atoms with van der Waals surface area (Å²) < 4.78 is 5.26. The number of aryl methyl sites for hydroxylation is 1. The van der Waals surface area contributed by atoms with E-state index in [1.807, 2.05) is 36.4 Å². The molecule has 1 amide bonds. The molecule has 0 saturated carbocycles. The van der Waals surface area contributed by atoms with Crippen molar-refractivity contribution in [1.82, 2.24) is 0 Å². The van der Waals surface area contributed by atoms with Crippen LogP contribution in [0.15, 0.2) is 48.5 Å². The number of nitrogens with two attached hydrogens (primary N) is 1. The van der Waals surface area contributed by atoms with Crippen LogP contribution in [0.2, 0.25) is 0 Å². The summed E-state index contributed by atoms with van der Waals surface area (Å²) in [6, 6.07) is 15.1. The predicted octanol–water partition coefficient (Wildman–Crippen LogP) is 2.67. The lowest BCUT2D eigenvalue weighted by atomic mass is 9.88. The Morgan fingerprint density at radius 2 is 1.91 bits per heavy atom. The summed E-state index contributed by atoms with van der Waals surface area (Å²) in [5, 5.41) is 0. The number of carbonyl (C=O) groups excluding carboxylic acids is 1. The molecule has 2 aromatic carbocycles. The van der Waals surface area contributed by atoms with Crippen LogP contribution in [0.4, 0.5) is 5.69 Å². The third-order valence-electron chi connectivity index (χ3n) is 4.20. The van der Waals surface area contributed by atoms with Crippen LogP contribution in [0.5, 0.6) is 5.75 Å². The first kappa shape index (κ1) is 14.6. The monoisotopic (exact) mass is 296 g/mol. The Labute approximate surface area is 130 Å². The van der Waals surface area contributed by atoms with Crippen LogP contribution in [-0.2, 0) is 11.2 Å². The molecule has 1 heterocycles. The molecular weight excluding hydrogens is 276 g/mol. The normalized spacial score (nSPS) is 20.7. The topological polar surface area (TPSA) is 55.6 Å². The van der Waals surface area contributed by atoms with Gasteiger partial charge < -0.3 is 15.4 Å². The molecule has 3 rings (SSSR count). The molecule has 1 aliphatic rings. The fraction of sp³-hybridized carbons (Fsp3) is 0.278. The lowest BCUT2D eigenvalue weighted by Gasteiger charge is -2.45. The van der Waals surface area contributed by atoms with E-state index in [4.69, 9.17) is 10.5 Å². The first-order chi connectivity index (χ1) is 10.7. The largest absolute Gasteiger partial charge is 0.497 e. The molecule has 0 aromatic heterocycles. The van der Waals surface area contributed by atoms with Crippen molar-refractivity contribution in [3.63, 3.8) is 0 Å². The molecular formula is C18H20N2O2. The Bertz CT molecular complexity index is 682. The summed E-state index contributed by atoms with van der Waals surface area (Å²) >= 11 is 0. The van der Waals surface area contributed by atoms with E-state index in [0.29, 0.717) is 0 Å². The number of hydrogen-bond donors (Lipinski definition) is 1. The van der Waals surface area contributed by atoms with Gasteiger partial charge in [0.2, 0.25) is 5.91 Å². The van der Waals surface area contributed by atoms with Crippen LogP contribution >= 0.6 is 0 Å². The van der Waals surface area contributed by atoms with Crippen molar-refractivity contribution in [2.75, 3.05) is 12.0 Å². The number of amides is 1. The maximum Gasteiger partial charge on any atom is 0.247 e. The maximum absolute atomic E-state index is 12.2. The molecule has 1 fully saturated rings. The number of nitrogens with zero attached hydrogens (tertiary/aromatic N) is 1. The molecule has 2 atom stereocenters. The smallest absolute Gasteiger partial charge is 0.247 e. The highest BCUT2D eigenvalue weighted by atomic mass is 16.5. The Morgan fingerprint density at radius 3 is 2.55 bits per heavy atom. The van der Waals surface area contributed by atoms with Crippen LogP contribution in [0.25, 0.3) is 0 Å². The number of benzene rings is 2. The molecule has 2 unspecified atom stereocenters. The molecule has 0 radical (unpaired) electrons. The van der Waals surface area contributed by atoms with Crippen LogP contribution < -0.4 is 15.4 Å². The molecule has 0 bridgehead atoms. The van der Waals surface area contributed by atoms with Crippen molar-refractivity contribution < 1.29 is 9.53 Å². The van der Waals surface area contributed by atoms with E-state index in [2.05, 4.69) is 19.1 Å². The number of β-lactam (4-membered cyclic amide) rings is 1. The van der Waals surface area contributed by atoms with Gasteiger partial charge in [0, 0.05) is 5.69 Å². The van der Waals surface area contributed by atoms with E-state index in [0.717, 1.165) is 23.4 Å². The second-order valence-electron chi connectivity index (χ2n) is 5.48.